The molecule has 0 saturated carbocycles. The SMILES string of the molecule is c1ccc(-c2cc(-c3ccc4c(c3)-c3cc5oc6ccccc6c5cc3Sc3ccccc3-c3ccccc3-c3ccccc3-4)nc(-c3cnc(-c4ccccc4)nc3)n2)cc1. The summed E-state index contributed by atoms with van der Waals surface area (Å²) in [7, 11) is 0. The molecule has 0 unspecified atom stereocenters. The minimum atomic E-state index is 0.552. The van der Waals surface area contributed by atoms with Gasteiger partial charge in [0.25, 0.3) is 0 Å². The van der Waals surface area contributed by atoms with E-state index in [9.17, 15) is 0 Å². The number of benzene rings is 8. The number of rotatable bonds is 4. The van der Waals surface area contributed by atoms with Crippen LogP contribution in [0.2, 0.25) is 0 Å². The molecule has 0 bridgehead atoms. The summed E-state index contributed by atoms with van der Waals surface area (Å²) in [5, 5.41) is 2.19. The molecule has 8 aromatic carbocycles. The van der Waals surface area contributed by atoms with Gasteiger partial charge in [-0.25, -0.2) is 19.9 Å². The Kier molecular flexibility index (Phi) is 8.68. The highest BCUT2D eigenvalue weighted by molar-refractivity contribution is 7.99. The number of aromatic nitrogens is 4. The maximum absolute atomic E-state index is 6.62. The molecular formula is C56H34N4OS. The lowest BCUT2D eigenvalue weighted by atomic mass is 9.85. The zero-order valence-corrected chi connectivity index (χ0v) is 34.1. The summed E-state index contributed by atoms with van der Waals surface area (Å²) in [6.45, 7) is 0. The Morgan fingerprint density at radius 3 is 1.60 bits per heavy atom. The van der Waals surface area contributed by atoms with E-state index in [2.05, 4.69) is 133 Å². The van der Waals surface area contributed by atoms with Gasteiger partial charge in [-0.1, -0.05) is 169 Å². The average Bonchev–Trinajstić information content (AvgIpc) is 3.71. The van der Waals surface area contributed by atoms with E-state index in [4.69, 9.17) is 24.4 Å². The first-order valence-corrected chi connectivity index (χ1v) is 21.4. The van der Waals surface area contributed by atoms with Gasteiger partial charge in [-0.2, -0.15) is 0 Å². The molecular weight excluding hydrogens is 777 g/mol. The van der Waals surface area contributed by atoms with Crippen LogP contribution in [0, 0.1) is 0 Å². The van der Waals surface area contributed by atoms with Crippen LogP contribution in [0.25, 0.3) is 112 Å². The van der Waals surface area contributed by atoms with Crippen molar-refractivity contribution in [3.63, 3.8) is 0 Å². The molecule has 3 aromatic heterocycles. The van der Waals surface area contributed by atoms with Gasteiger partial charge < -0.3 is 4.42 Å². The number of para-hydroxylation sites is 1. The normalized spacial score (nSPS) is 11.8. The van der Waals surface area contributed by atoms with Crippen molar-refractivity contribution in [2.75, 3.05) is 0 Å². The maximum Gasteiger partial charge on any atom is 0.163 e. The summed E-state index contributed by atoms with van der Waals surface area (Å²) in [5.41, 5.74) is 16.1. The number of nitrogens with zero attached hydrogens (tertiary/aromatic N) is 4. The summed E-state index contributed by atoms with van der Waals surface area (Å²) in [4.78, 5) is 22.2. The Morgan fingerprint density at radius 1 is 0.323 bits per heavy atom. The predicted molar refractivity (Wildman–Crippen MR) is 253 cm³/mol. The molecule has 62 heavy (non-hydrogen) atoms. The van der Waals surface area contributed by atoms with Crippen LogP contribution in [0.5, 0.6) is 0 Å². The van der Waals surface area contributed by atoms with Crippen LogP contribution in [-0.4, -0.2) is 19.9 Å². The fourth-order valence-corrected chi connectivity index (χ4v) is 9.80. The summed E-state index contributed by atoms with van der Waals surface area (Å²) >= 11 is 1.80. The Labute approximate surface area is 362 Å². The van der Waals surface area contributed by atoms with Crippen LogP contribution >= 0.6 is 11.8 Å². The van der Waals surface area contributed by atoms with Crippen molar-refractivity contribution in [2.45, 2.75) is 9.79 Å². The van der Waals surface area contributed by atoms with Gasteiger partial charge in [-0.05, 0) is 80.9 Å². The van der Waals surface area contributed by atoms with Gasteiger partial charge in [0, 0.05) is 49.6 Å². The quantitative estimate of drug-likeness (QED) is 0.176. The van der Waals surface area contributed by atoms with E-state index in [1.165, 1.54) is 27.1 Å². The van der Waals surface area contributed by atoms with Crippen molar-refractivity contribution in [1.29, 1.82) is 0 Å². The lowest BCUT2D eigenvalue weighted by Crippen LogP contribution is -1.98. The zero-order valence-electron chi connectivity index (χ0n) is 33.2. The fraction of sp³-hybridized carbons (Fsp3) is 0. The largest absolute Gasteiger partial charge is 0.456 e. The van der Waals surface area contributed by atoms with E-state index in [0.29, 0.717) is 11.6 Å². The molecule has 0 atom stereocenters. The Bertz CT molecular complexity index is 3490. The topological polar surface area (TPSA) is 64.7 Å². The molecule has 0 fully saturated rings. The third kappa shape index (κ3) is 6.28. The summed E-state index contributed by atoms with van der Waals surface area (Å²) in [5.74, 6) is 1.20. The lowest BCUT2D eigenvalue weighted by molar-refractivity contribution is 0.669. The molecule has 12 rings (SSSR count). The van der Waals surface area contributed by atoms with Crippen molar-refractivity contribution in [2.24, 2.45) is 0 Å². The molecule has 0 N–H and O–H groups in total. The summed E-state index contributed by atoms with van der Waals surface area (Å²) < 4.78 is 6.62. The van der Waals surface area contributed by atoms with E-state index in [0.717, 1.165) is 82.7 Å². The molecule has 1 aliphatic heterocycles. The highest BCUT2D eigenvalue weighted by Crippen LogP contribution is 2.50. The Hall–Kier alpha value is -7.93. The van der Waals surface area contributed by atoms with E-state index in [-0.39, 0.29) is 0 Å². The van der Waals surface area contributed by atoms with Crippen LogP contribution in [0.4, 0.5) is 0 Å². The van der Waals surface area contributed by atoms with Crippen LogP contribution in [-0.2, 0) is 0 Å². The van der Waals surface area contributed by atoms with Crippen molar-refractivity contribution >= 4 is 33.7 Å². The number of fused-ring (bicyclic) bond motifs is 12. The standard InChI is InChI=1S/C56H34N4OS/c1-3-15-35(16-4-1)49-32-50(60-56(59-49)38-33-57-55(58-34-38)36-17-5-2-6-18-36)37-27-28-43-41-21-8-7-19-39(41)40-20-9-10-22-42(40)45-24-12-14-26-53(45)62-54-31-47-44-23-11-13-25-51(44)61-52(47)30-48(54)46(43)29-37/h1-34H. The fourth-order valence-electron chi connectivity index (χ4n) is 8.67. The molecule has 0 amide bonds. The first-order chi connectivity index (χ1) is 30.7. The van der Waals surface area contributed by atoms with Gasteiger partial charge in [-0.15, -0.1) is 0 Å². The first kappa shape index (κ1) is 36.0. The zero-order chi connectivity index (χ0) is 41.0. The van der Waals surface area contributed by atoms with Gasteiger partial charge >= 0.3 is 0 Å². The van der Waals surface area contributed by atoms with Crippen molar-refractivity contribution < 1.29 is 4.42 Å². The third-order valence-electron chi connectivity index (χ3n) is 11.7. The highest BCUT2D eigenvalue weighted by atomic mass is 32.2. The molecule has 5 nitrogen and oxygen atoms in total. The minimum Gasteiger partial charge on any atom is -0.456 e. The van der Waals surface area contributed by atoms with E-state index in [1.807, 2.05) is 73.1 Å². The number of furan rings is 1. The van der Waals surface area contributed by atoms with Crippen LogP contribution in [0.1, 0.15) is 0 Å². The van der Waals surface area contributed by atoms with Gasteiger partial charge in [0.05, 0.1) is 17.0 Å². The summed E-state index contributed by atoms with van der Waals surface area (Å²) in [6, 6.07) is 68.3. The second-order valence-electron chi connectivity index (χ2n) is 15.4. The van der Waals surface area contributed by atoms with E-state index >= 15 is 0 Å². The molecule has 0 aliphatic carbocycles. The van der Waals surface area contributed by atoms with Crippen LogP contribution < -0.4 is 0 Å². The summed E-state index contributed by atoms with van der Waals surface area (Å²) in [6.07, 6.45) is 3.63. The predicted octanol–water partition coefficient (Wildman–Crippen LogP) is 15.0. The van der Waals surface area contributed by atoms with Crippen molar-refractivity contribution in [3.05, 3.63) is 207 Å². The second kappa shape index (κ2) is 15.0. The molecule has 0 saturated heterocycles. The minimum absolute atomic E-state index is 0.552. The molecule has 4 heterocycles. The Balaban J connectivity index is 1.12. The van der Waals surface area contributed by atoms with Crippen molar-refractivity contribution in [1.82, 2.24) is 19.9 Å². The lowest BCUT2D eigenvalue weighted by Gasteiger charge is -2.18. The average molecular weight is 811 g/mol. The first-order valence-electron chi connectivity index (χ1n) is 20.6. The maximum atomic E-state index is 6.62. The molecule has 11 aromatic rings. The van der Waals surface area contributed by atoms with Gasteiger partial charge in [0.2, 0.25) is 0 Å². The molecule has 290 valence electrons. The number of hydrogen-bond donors (Lipinski definition) is 0. The monoisotopic (exact) mass is 810 g/mol. The Morgan fingerprint density at radius 2 is 0.887 bits per heavy atom. The molecule has 0 spiro atoms. The van der Waals surface area contributed by atoms with Gasteiger partial charge in [-0.3, -0.25) is 0 Å². The molecule has 1 aliphatic rings. The smallest absolute Gasteiger partial charge is 0.163 e. The third-order valence-corrected chi connectivity index (χ3v) is 12.8. The van der Waals surface area contributed by atoms with Gasteiger partial charge in [0.1, 0.15) is 11.2 Å². The second-order valence-corrected chi connectivity index (χ2v) is 16.5. The van der Waals surface area contributed by atoms with Crippen LogP contribution in [0.15, 0.2) is 221 Å². The molecule has 6 heteroatoms. The van der Waals surface area contributed by atoms with E-state index in [1.54, 1.807) is 11.8 Å². The van der Waals surface area contributed by atoms with Crippen LogP contribution in [0.3, 0.4) is 0 Å². The van der Waals surface area contributed by atoms with Gasteiger partial charge in [0.15, 0.2) is 11.6 Å². The van der Waals surface area contributed by atoms with Crippen molar-refractivity contribution in [3.8, 4) is 89.8 Å². The molecule has 0 radical (unpaired) electrons. The number of hydrogen-bond acceptors (Lipinski definition) is 6. The van der Waals surface area contributed by atoms with E-state index < -0.39 is 0 Å². The highest BCUT2D eigenvalue weighted by Gasteiger charge is 2.24.